The predicted octanol–water partition coefficient (Wildman–Crippen LogP) is 6.32. The average Bonchev–Trinajstić information content (AvgIpc) is 2.66. The normalized spacial score (nSPS) is 26.6. The average molecular weight is 451 g/mol. The molecule has 174 valence electrons. The van der Waals surface area contributed by atoms with E-state index in [1.807, 2.05) is 12.1 Å². The van der Waals surface area contributed by atoms with Crippen LogP contribution in [0.3, 0.4) is 0 Å². The molecule has 2 atom stereocenters. The third-order valence-electron chi connectivity index (χ3n) is 6.35. The van der Waals surface area contributed by atoms with Gasteiger partial charge in [-0.15, -0.1) is 0 Å². The number of hydrogen-bond donors (Lipinski definition) is 2. The van der Waals surface area contributed by atoms with E-state index in [1.165, 1.54) is 24.8 Å². The molecule has 0 spiro atoms. The number of benzene rings is 1. The topological polar surface area (TPSA) is 68.2 Å². The molecule has 1 aliphatic heterocycles. The van der Waals surface area contributed by atoms with Gasteiger partial charge >= 0.3 is 8.60 Å². The fourth-order valence-electron chi connectivity index (χ4n) is 4.29. The molecular formula is C25H39O5P. The van der Waals surface area contributed by atoms with E-state index in [9.17, 15) is 0 Å². The number of hydrogen-bond acceptors (Lipinski definition) is 5. The Kier molecular flexibility index (Phi) is 8.81. The maximum absolute atomic E-state index is 8.91. The zero-order valence-corrected chi connectivity index (χ0v) is 20.3. The summed E-state index contributed by atoms with van der Waals surface area (Å²) in [5.74, 6) is 3.29. The Morgan fingerprint density at radius 2 is 1.97 bits per heavy atom. The van der Waals surface area contributed by atoms with Gasteiger partial charge in [0.2, 0.25) is 0 Å². The van der Waals surface area contributed by atoms with Crippen LogP contribution in [0.15, 0.2) is 30.4 Å². The van der Waals surface area contributed by atoms with E-state index < -0.39 is 8.60 Å². The third kappa shape index (κ3) is 7.75. The van der Waals surface area contributed by atoms with E-state index in [0.29, 0.717) is 18.8 Å². The molecule has 3 rings (SSSR count). The van der Waals surface area contributed by atoms with Crippen LogP contribution in [-0.2, 0) is 10.9 Å². The van der Waals surface area contributed by atoms with E-state index in [4.69, 9.17) is 23.8 Å². The molecule has 1 saturated carbocycles. The third-order valence-corrected chi connectivity index (χ3v) is 6.84. The Morgan fingerprint density at radius 3 is 2.68 bits per heavy atom. The van der Waals surface area contributed by atoms with Gasteiger partial charge in [0.1, 0.15) is 23.2 Å². The molecule has 2 unspecified atom stereocenters. The number of allylic oxidation sites excluding steroid dienone is 1. The lowest BCUT2D eigenvalue weighted by Gasteiger charge is -2.36. The smallest absolute Gasteiger partial charge is 0.327 e. The second-order valence-corrected chi connectivity index (χ2v) is 10.7. The van der Waals surface area contributed by atoms with Crippen molar-refractivity contribution < 1.29 is 23.8 Å². The Hall–Kier alpha value is -1.13. The van der Waals surface area contributed by atoms with Gasteiger partial charge in [-0.3, -0.25) is 0 Å². The summed E-state index contributed by atoms with van der Waals surface area (Å²) >= 11 is 0. The summed E-state index contributed by atoms with van der Waals surface area (Å²) in [6, 6.07) is 6.05. The fourth-order valence-corrected chi connectivity index (χ4v) is 4.73. The summed E-state index contributed by atoms with van der Waals surface area (Å²) in [6.07, 6.45) is 12.8. The molecule has 1 heterocycles. The summed E-state index contributed by atoms with van der Waals surface area (Å²) < 4.78 is 17.4. The predicted molar refractivity (Wildman–Crippen MR) is 125 cm³/mol. The second kappa shape index (κ2) is 11.1. The van der Waals surface area contributed by atoms with Crippen molar-refractivity contribution in [2.45, 2.75) is 96.9 Å². The minimum absolute atomic E-state index is 0.0678. The Bertz CT molecular complexity index is 729. The quantitative estimate of drug-likeness (QED) is 0.305. The number of aryl methyl sites for hydroxylation is 1. The van der Waals surface area contributed by atoms with Gasteiger partial charge in [-0.25, -0.2) is 0 Å². The zero-order chi connectivity index (χ0) is 22.4. The molecule has 1 aliphatic carbocycles. The Labute approximate surface area is 188 Å². The molecular weight excluding hydrogens is 411 g/mol. The van der Waals surface area contributed by atoms with Crippen LogP contribution in [0.5, 0.6) is 11.5 Å². The summed E-state index contributed by atoms with van der Waals surface area (Å²) in [4.78, 5) is 17.8. The van der Waals surface area contributed by atoms with Crippen LogP contribution in [-0.4, -0.2) is 27.6 Å². The Balaban J connectivity index is 1.46. The van der Waals surface area contributed by atoms with Gasteiger partial charge in [0.05, 0.1) is 6.10 Å². The van der Waals surface area contributed by atoms with Crippen LogP contribution >= 0.6 is 8.60 Å². The highest BCUT2D eigenvalue weighted by Crippen LogP contribution is 2.39. The van der Waals surface area contributed by atoms with E-state index in [0.717, 1.165) is 36.7 Å². The summed E-state index contributed by atoms with van der Waals surface area (Å²) in [6.45, 7) is 9.10. The lowest BCUT2D eigenvalue weighted by atomic mass is 9.90. The van der Waals surface area contributed by atoms with Gasteiger partial charge in [0.25, 0.3) is 0 Å². The van der Waals surface area contributed by atoms with Crippen molar-refractivity contribution >= 4 is 8.60 Å². The fraction of sp³-hybridized carbons (Fsp3) is 0.680. The maximum atomic E-state index is 8.91. The van der Waals surface area contributed by atoms with Crippen LogP contribution < -0.4 is 9.47 Å². The first-order chi connectivity index (χ1) is 14.7. The molecule has 1 aromatic rings. The van der Waals surface area contributed by atoms with E-state index in [2.05, 4.69) is 45.9 Å². The van der Waals surface area contributed by atoms with Crippen LogP contribution in [0.1, 0.15) is 78.2 Å². The van der Waals surface area contributed by atoms with Crippen molar-refractivity contribution in [1.29, 1.82) is 0 Å². The molecule has 0 amide bonds. The molecule has 0 saturated heterocycles. The molecule has 0 radical (unpaired) electrons. The van der Waals surface area contributed by atoms with Gasteiger partial charge in [0.15, 0.2) is 0 Å². The second-order valence-electron chi connectivity index (χ2n) is 9.94. The molecule has 1 fully saturated rings. The molecule has 31 heavy (non-hydrogen) atoms. The van der Waals surface area contributed by atoms with E-state index in [-0.39, 0.29) is 17.8 Å². The van der Waals surface area contributed by atoms with Crippen molar-refractivity contribution in [3.63, 3.8) is 0 Å². The van der Waals surface area contributed by atoms with Gasteiger partial charge in [-0.2, -0.15) is 0 Å². The number of fused-ring (bicyclic) bond motifs is 1. The molecule has 2 N–H and O–H groups in total. The molecule has 1 aromatic carbocycles. The highest BCUT2D eigenvalue weighted by atomic mass is 31.2. The summed E-state index contributed by atoms with van der Waals surface area (Å²) in [5.41, 5.74) is 0.935. The first kappa shape index (κ1) is 24.5. The first-order valence-corrected chi connectivity index (χ1v) is 12.9. The minimum atomic E-state index is -2.28. The van der Waals surface area contributed by atoms with Crippen molar-refractivity contribution in [3.05, 3.63) is 35.9 Å². The van der Waals surface area contributed by atoms with Crippen LogP contribution in [0.2, 0.25) is 0 Å². The molecule has 5 nitrogen and oxygen atoms in total. The van der Waals surface area contributed by atoms with Gasteiger partial charge < -0.3 is 23.8 Å². The maximum Gasteiger partial charge on any atom is 0.327 e. The lowest BCUT2D eigenvalue weighted by molar-refractivity contribution is -0.00129. The molecule has 2 aliphatic rings. The van der Waals surface area contributed by atoms with Crippen LogP contribution in [0.4, 0.5) is 0 Å². The first-order valence-electron chi connectivity index (χ1n) is 11.7. The van der Waals surface area contributed by atoms with Crippen molar-refractivity contribution in [3.8, 4) is 11.5 Å². The molecule has 0 aromatic heterocycles. The van der Waals surface area contributed by atoms with Gasteiger partial charge in [0, 0.05) is 12.8 Å². The number of rotatable bonds is 11. The highest BCUT2D eigenvalue weighted by Gasteiger charge is 2.34. The highest BCUT2D eigenvalue weighted by molar-refractivity contribution is 7.39. The standard InChI is InChI=1S/C25H39O5P/c1-18(2)7-5-8-19(3)9-6-13-25(4)14-12-20-15-21(10-11-24(20)29-25)28-22-16-23(17-22)30-31(26)27/h6,10-11,13,15,18-19,22-23,26-27H,5,7-9,12,14,16-17H2,1-4H3/b13-6+. The lowest BCUT2D eigenvalue weighted by Crippen LogP contribution is -2.38. The zero-order valence-electron chi connectivity index (χ0n) is 19.4. The van der Waals surface area contributed by atoms with Crippen LogP contribution in [0.25, 0.3) is 0 Å². The molecule has 6 heteroatoms. The van der Waals surface area contributed by atoms with E-state index in [1.54, 1.807) is 0 Å². The van der Waals surface area contributed by atoms with Crippen molar-refractivity contribution in [2.75, 3.05) is 0 Å². The summed E-state index contributed by atoms with van der Waals surface area (Å²) in [5, 5.41) is 0. The monoisotopic (exact) mass is 450 g/mol. The van der Waals surface area contributed by atoms with Gasteiger partial charge in [-0.1, -0.05) is 46.1 Å². The largest absolute Gasteiger partial charge is 0.490 e. The molecule has 0 bridgehead atoms. The SMILES string of the molecule is CC(C)CCCC(C)C/C=C/C1(C)CCc2cc(OC3CC(OP(O)O)C3)ccc2O1. The summed E-state index contributed by atoms with van der Waals surface area (Å²) in [7, 11) is -2.28. The number of ether oxygens (including phenoxy) is 2. The van der Waals surface area contributed by atoms with Crippen LogP contribution in [0, 0.1) is 11.8 Å². The Morgan fingerprint density at radius 1 is 1.19 bits per heavy atom. The minimum Gasteiger partial charge on any atom is -0.490 e. The van der Waals surface area contributed by atoms with E-state index >= 15 is 0 Å². The van der Waals surface area contributed by atoms with Crippen molar-refractivity contribution in [1.82, 2.24) is 0 Å². The van der Waals surface area contributed by atoms with Crippen molar-refractivity contribution in [2.24, 2.45) is 11.8 Å². The van der Waals surface area contributed by atoms with Gasteiger partial charge in [-0.05, 0) is 67.9 Å².